The lowest BCUT2D eigenvalue weighted by Gasteiger charge is -2.06. The number of imidazole rings is 1. The number of nitrogens with zero attached hydrogens (tertiary/aromatic N) is 4. The highest BCUT2D eigenvalue weighted by Gasteiger charge is 2.12. The van der Waals surface area contributed by atoms with Crippen molar-refractivity contribution in [1.82, 2.24) is 19.5 Å². The van der Waals surface area contributed by atoms with Crippen molar-refractivity contribution in [1.29, 1.82) is 0 Å². The Kier molecular flexibility index (Phi) is 2.65. The van der Waals surface area contributed by atoms with Gasteiger partial charge in [0.2, 0.25) is 0 Å². The molecule has 0 aliphatic carbocycles. The van der Waals surface area contributed by atoms with E-state index >= 15 is 0 Å². The predicted octanol–water partition coefficient (Wildman–Crippen LogP) is 3.84. The Labute approximate surface area is 126 Å². The van der Waals surface area contributed by atoms with Gasteiger partial charge in [-0.3, -0.25) is 4.98 Å². The van der Waals surface area contributed by atoms with E-state index in [1.165, 1.54) is 0 Å². The summed E-state index contributed by atoms with van der Waals surface area (Å²) in [6, 6.07) is 9.72. The Morgan fingerprint density at radius 2 is 2.10 bits per heavy atom. The molecule has 4 aromatic rings. The van der Waals surface area contributed by atoms with E-state index in [-0.39, 0.29) is 0 Å². The van der Waals surface area contributed by atoms with Crippen molar-refractivity contribution in [2.75, 3.05) is 0 Å². The molecule has 0 amide bonds. The molecule has 0 atom stereocenters. The van der Waals surface area contributed by atoms with Crippen LogP contribution in [0.4, 0.5) is 0 Å². The number of hydrogen-bond donors (Lipinski definition) is 0. The molecule has 0 saturated carbocycles. The Hall–Kier alpha value is -2.46. The van der Waals surface area contributed by atoms with Gasteiger partial charge in [0.15, 0.2) is 0 Å². The normalized spacial score (nSPS) is 11.3. The summed E-state index contributed by atoms with van der Waals surface area (Å²) in [6.07, 6.45) is 5.31. The average Bonchev–Trinajstić information content (AvgIpc) is 2.89. The zero-order valence-corrected chi connectivity index (χ0v) is 12.0. The summed E-state index contributed by atoms with van der Waals surface area (Å²) in [4.78, 5) is 13.3. The van der Waals surface area contributed by atoms with E-state index in [9.17, 15) is 0 Å². The lowest BCUT2D eigenvalue weighted by molar-refractivity contribution is 0.948. The SMILES string of the molecule is Cn1cnc2c3c(Cl)cc(-c4cccnc4)nc3ccc21. The van der Waals surface area contributed by atoms with Crippen LogP contribution in [0.1, 0.15) is 0 Å². The smallest absolute Gasteiger partial charge is 0.0993 e. The molecular formula is C16H11ClN4. The maximum Gasteiger partial charge on any atom is 0.0993 e. The van der Waals surface area contributed by atoms with Crippen molar-refractivity contribution in [2.45, 2.75) is 0 Å². The van der Waals surface area contributed by atoms with E-state index in [0.29, 0.717) is 5.02 Å². The molecule has 3 aromatic heterocycles. The summed E-state index contributed by atoms with van der Waals surface area (Å²) in [6.45, 7) is 0. The molecule has 0 fully saturated rings. The quantitative estimate of drug-likeness (QED) is 0.536. The Morgan fingerprint density at radius 1 is 1.19 bits per heavy atom. The lowest BCUT2D eigenvalue weighted by atomic mass is 10.1. The van der Waals surface area contributed by atoms with Gasteiger partial charge in [-0.05, 0) is 30.3 Å². The van der Waals surface area contributed by atoms with Crippen LogP contribution in [0, 0.1) is 0 Å². The number of rotatable bonds is 1. The Balaban J connectivity index is 2.06. The minimum absolute atomic E-state index is 0.656. The molecule has 0 bridgehead atoms. The maximum absolute atomic E-state index is 6.49. The number of aryl methyl sites for hydroxylation is 1. The van der Waals surface area contributed by atoms with Gasteiger partial charge in [-0.15, -0.1) is 0 Å². The van der Waals surface area contributed by atoms with Gasteiger partial charge in [0, 0.05) is 30.4 Å². The monoisotopic (exact) mass is 294 g/mol. The van der Waals surface area contributed by atoms with E-state index in [4.69, 9.17) is 16.6 Å². The fourth-order valence-corrected chi connectivity index (χ4v) is 2.83. The summed E-state index contributed by atoms with van der Waals surface area (Å²) in [5.41, 5.74) is 4.52. The summed E-state index contributed by atoms with van der Waals surface area (Å²) in [5, 5.41) is 1.55. The van der Waals surface area contributed by atoms with E-state index in [2.05, 4.69) is 9.97 Å². The van der Waals surface area contributed by atoms with Gasteiger partial charge in [0.1, 0.15) is 0 Å². The number of fused-ring (bicyclic) bond motifs is 3. The zero-order valence-electron chi connectivity index (χ0n) is 11.3. The van der Waals surface area contributed by atoms with E-state index in [1.807, 2.05) is 41.9 Å². The standard InChI is InChI=1S/C16H11ClN4/c1-21-9-19-16-14(21)5-4-12-15(16)11(17)7-13(20-12)10-3-2-6-18-8-10/h2-9H,1H3. The van der Waals surface area contributed by atoms with Crippen LogP contribution in [0.3, 0.4) is 0 Å². The Morgan fingerprint density at radius 3 is 2.90 bits per heavy atom. The molecule has 3 heterocycles. The molecule has 0 saturated heterocycles. The van der Waals surface area contributed by atoms with Gasteiger partial charge >= 0.3 is 0 Å². The highest BCUT2D eigenvalue weighted by atomic mass is 35.5. The molecule has 0 unspecified atom stereocenters. The van der Waals surface area contributed by atoms with Gasteiger partial charge in [-0.2, -0.15) is 0 Å². The summed E-state index contributed by atoms with van der Waals surface area (Å²) in [5.74, 6) is 0. The first kappa shape index (κ1) is 12.3. The highest BCUT2D eigenvalue weighted by molar-refractivity contribution is 6.37. The number of pyridine rings is 2. The van der Waals surface area contributed by atoms with Crippen LogP contribution in [-0.2, 0) is 7.05 Å². The second kappa shape index (κ2) is 4.53. The molecule has 4 rings (SSSR count). The third-order valence-corrected chi connectivity index (χ3v) is 3.87. The summed E-state index contributed by atoms with van der Waals surface area (Å²) < 4.78 is 1.97. The fraction of sp³-hybridized carbons (Fsp3) is 0.0625. The highest BCUT2D eigenvalue weighted by Crippen LogP contribution is 2.32. The average molecular weight is 295 g/mol. The van der Waals surface area contributed by atoms with E-state index in [0.717, 1.165) is 33.2 Å². The van der Waals surface area contributed by atoms with Crippen LogP contribution >= 0.6 is 11.6 Å². The Bertz CT molecular complexity index is 960. The van der Waals surface area contributed by atoms with Crippen molar-refractivity contribution in [3.8, 4) is 11.3 Å². The third kappa shape index (κ3) is 1.87. The number of benzene rings is 1. The minimum atomic E-state index is 0.656. The molecule has 0 aliphatic rings. The topological polar surface area (TPSA) is 43.6 Å². The maximum atomic E-state index is 6.49. The number of aromatic nitrogens is 4. The van der Waals surface area contributed by atoms with E-state index < -0.39 is 0 Å². The largest absolute Gasteiger partial charge is 0.334 e. The van der Waals surface area contributed by atoms with Crippen molar-refractivity contribution in [2.24, 2.45) is 7.05 Å². The van der Waals surface area contributed by atoms with Crippen LogP contribution in [0.2, 0.25) is 5.02 Å². The summed E-state index contributed by atoms with van der Waals surface area (Å²) in [7, 11) is 1.96. The first-order chi connectivity index (χ1) is 10.2. The van der Waals surface area contributed by atoms with Crippen molar-refractivity contribution in [3.05, 3.63) is 54.1 Å². The van der Waals surface area contributed by atoms with Gasteiger partial charge in [-0.1, -0.05) is 11.6 Å². The second-order valence-corrected chi connectivity index (χ2v) is 5.32. The lowest BCUT2D eigenvalue weighted by Crippen LogP contribution is -1.89. The van der Waals surface area contributed by atoms with Crippen molar-refractivity contribution < 1.29 is 0 Å². The van der Waals surface area contributed by atoms with Crippen molar-refractivity contribution >= 4 is 33.5 Å². The first-order valence-corrected chi connectivity index (χ1v) is 6.92. The molecule has 5 heteroatoms. The van der Waals surface area contributed by atoms with Gasteiger partial charge in [0.05, 0.1) is 33.6 Å². The number of halogens is 1. The van der Waals surface area contributed by atoms with Crippen LogP contribution in [-0.4, -0.2) is 19.5 Å². The molecule has 4 nitrogen and oxygen atoms in total. The van der Waals surface area contributed by atoms with Crippen molar-refractivity contribution in [3.63, 3.8) is 0 Å². The van der Waals surface area contributed by atoms with Crippen LogP contribution in [0.25, 0.3) is 33.2 Å². The van der Waals surface area contributed by atoms with Crippen LogP contribution in [0.5, 0.6) is 0 Å². The molecular weight excluding hydrogens is 284 g/mol. The first-order valence-electron chi connectivity index (χ1n) is 6.55. The molecule has 102 valence electrons. The summed E-state index contributed by atoms with van der Waals surface area (Å²) >= 11 is 6.49. The molecule has 0 spiro atoms. The number of hydrogen-bond acceptors (Lipinski definition) is 3. The molecule has 0 radical (unpaired) electrons. The molecule has 0 N–H and O–H groups in total. The van der Waals surface area contributed by atoms with Crippen LogP contribution < -0.4 is 0 Å². The van der Waals surface area contributed by atoms with E-state index in [1.54, 1.807) is 18.7 Å². The van der Waals surface area contributed by atoms with Gasteiger partial charge in [0.25, 0.3) is 0 Å². The predicted molar refractivity (Wildman–Crippen MR) is 84.3 cm³/mol. The molecule has 21 heavy (non-hydrogen) atoms. The van der Waals surface area contributed by atoms with Gasteiger partial charge in [-0.25, -0.2) is 9.97 Å². The molecule has 0 aliphatic heterocycles. The zero-order chi connectivity index (χ0) is 14.4. The minimum Gasteiger partial charge on any atom is -0.334 e. The van der Waals surface area contributed by atoms with Crippen LogP contribution in [0.15, 0.2) is 49.1 Å². The fourth-order valence-electron chi connectivity index (χ4n) is 2.54. The second-order valence-electron chi connectivity index (χ2n) is 4.91. The molecule has 1 aromatic carbocycles. The third-order valence-electron chi connectivity index (χ3n) is 3.58. The van der Waals surface area contributed by atoms with Gasteiger partial charge < -0.3 is 4.57 Å².